The summed E-state index contributed by atoms with van der Waals surface area (Å²) < 4.78 is 7.27. The van der Waals surface area contributed by atoms with Crippen molar-refractivity contribution in [2.75, 3.05) is 7.05 Å². The van der Waals surface area contributed by atoms with Gasteiger partial charge in [0.2, 0.25) is 0 Å². The largest absolute Gasteiger partial charge is 0.487 e. The highest BCUT2D eigenvalue weighted by atomic mass is 79.9. The molecule has 0 amide bonds. The molecule has 1 saturated carbocycles. The van der Waals surface area contributed by atoms with Crippen LogP contribution in [0.2, 0.25) is 0 Å². The van der Waals surface area contributed by atoms with Gasteiger partial charge in [0.15, 0.2) is 0 Å². The Hall–Kier alpha value is -0.580. The first kappa shape index (κ1) is 15.8. The van der Waals surface area contributed by atoms with Crippen molar-refractivity contribution in [2.45, 2.75) is 57.8 Å². The minimum atomic E-state index is -0.344. The van der Waals surface area contributed by atoms with Gasteiger partial charge in [-0.15, -0.1) is 0 Å². The van der Waals surface area contributed by atoms with E-state index in [1.54, 1.807) is 0 Å². The zero-order valence-electron chi connectivity index (χ0n) is 12.3. The van der Waals surface area contributed by atoms with E-state index in [-0.39, 0.29) is 12.2 Å². The van der Waals surface area contributed by atoms with Crippen molar-refractivity contribution >= 4 is 15.9 Å². The minimum Gasteiger partial charge on any atom is -0.487 e. The van der Waals surface area contributed by atoms with Gasteiger partial charge < -0.3 is 15.2 Å². The summed E-state index contributed by atoms with van der Waals surface area (Å²) in [4.78, 5) is 0. The van der Waals surface area contributed by atoms with Crippen LogP contribution in [0.1, 0.15) is 43.2 Å². The van der Waals surface area contributed by atoms with Crippen molar-refractivity contribution in [1.29, 1.82) is 0 Å². The highest BCUT2D eigenvalue weighted by Crippen LogP contribution is 2.31. The van der Waals surface area contributed by atoms with Crippen LogP contribution in [0, 0.1) is 6.92 Å². The Kier molecular flexibility index (Phi) is 5.87. The number of benzene rings is 1. The molecule has 1 fully saturated rings. The maximum Gasteiger partial charge on any atom is 0.127 e. The van der Waals surface area contributed by atoms with E-state index in [1.165, 1.54) is 6.42 Å². The van der Waals surface area contributed by atoms with Crippen LogP contribution >= 0.6 is 15.9 Å². The molecule has 0 spiro atoms. The van der Waals surface area contributed by atoms with Gasteiger partial charge in [0.05, 0.1) is 6.10 Å². The standard InChI is InChI=1S/C16H24BrNO2/c1-11-8-13(17)9-12(10-18-2)16(11)20-15-7-5-3-4-6-14(15)19/h8-9,14-15,18-19H,3-7,10H2,1-2H3. The number of aryl methyl sites for hydroxylation is 1. The summed E-state index contributed by atoms with van der Waals surface area (Å²) in [6, 6.07) is 4.15. The second kappa shape index (κ2) is 7.43. The number of ether oxygens (including phenoxy) is 1. The molecule has 1 aliphatic rings. The van der Waals surface area contributed by atoms with Crippen molar-refractivity contribution in [3.8, 4) is 5.75 Å². The molecule has 112 valence electrons. The highest BCUT2D eigenvalue weighted by Gasteiger charge is 2.24. The summed E-state index contributed by atoms with van der Waals surface area (Å²) in [5, 5.41) is 13.4. The molecular formula is C16H24BrNO2. The van der Waals surface area contributed by atoms with Crippen LogP contribution in [0.5, 0.6) is 5.75 Å². The van der Waals surface area contributed by atoms with E-state index >= 15 is 0 Å². The molecule has 0 radical (unpaired) electrons. The molecular weight excluding hydrogens is 318 g/mol. The number of rotatable bonds is 4. The summed E-state index contributed by atoms with van der Waals surface area (Å²) in [5.74, 6) is 0.925. The third kappa shape index (κ3) is 3.96. The zero-order chi connectivity index (χ0) is 14.5. The fourth-order valence-electron chi connectivity index (χ4n) is 2.83. The van der Waals surface area contributed by atoms with E-state index in [9.17, 15) is 5.11 Å². The van der Waals surface area contributed by atoms with Gasteiger partial charge in [-0.25, -0.2) is 0 Å². The Morgan fingerprint density at radius 1 is 1.30 bits per heavy atom. The summed E-state index contributed by atoms with van der Waals surface area (Å²) in [7, 11) is 1.93. The van der Waals surface area contributed by atoms with E-state index in [1.807, 2.05) is 7.05 Å². The molecule has 2 N–H and O–H groups in total. The average Bonchev–Trinajstić information content (AvgIpc) is 2.59. The molecule has 1 aromatic carbocycles. The fourth-order valence-corrected chi connectivity index (χ4v) is 3.45. The van der Waals surface area contributed by atoms with Crippen LogP contribution in [0.4, 0.5) is 0 Å². The summed E-state index contributed by atoms with van der Waals surface area (Å²) >= 11 is 3.53. The van der Waals surface area contributed by atoms with Gasteiger partial charge >= 0.3 is 0 Å². The topological polar surface area (TPSA) is 41.5 Å². The summed E-state index contributed by atoms with van der Waals surface area (Å²) in [5.41, 5.74) is 2.25. The Labute approximate surface area is 129 Å². The molecule has 2 unspecified atom stereocenters. The normalized spacial score (nSPS) is 23.4. The maximum atomic E-state index is 10.2. The lowest BCUT2D eigenvalue weighted by atomic mass is 10.1. The molecule has 1 aromatic rings. The van der Waals surface area contributed by atoms with Gasteiger partial charge in [-0.2, -0.15) is 0 Å². The van der Waals surface area contributed by atoms with E-state index < -0.39 is 0 Å². The molecule has 3 nitrogen and oxygen atoms in total. The van der Waals surface area contributed by atoms with Crippen LogP contribution in [0.3, 0.4) is 0 Å². The first-order chi connectivity index (χ1) is 9.61. The Morgan fingerprint density at radius 3 is 2.80 bits per heavy atom. The first-order valence-corrected chi connectivity index (χ1v) is 8.19. The smallest absolute Gasteiger partial charge is 0.127 e. The van der Waals surface area contributed by atoms with Crippen LogP contribution < -0.4 is 10.1 Å². The van der Waals surface area contributed by atoms with Gasteiger partial charge in [-0.05, 0) is 50.9 Å². The number of aliphatic hydroxyl groups is 1. The molecule has 0 aromatic heterocycles. The first-order valence-electron chi connectivity index (χ1n) is 7.40. The van der Waals surface area contributed by atoms with Crippen molar-refractivity contribution < 1.29 is 9.84 Å². The van der Waals surface area contributed by atoms with Crippen molar-refractivity contribution in [2.24, 2.45) is 0 Å². The fraction of sp³-hybridized carbons (Fsp3) is 0.625. The van der Waals surface area contributed by atoms with E-state index in [2.05, 4.69) is 40.3 Å². The minimum absolute atomic E-state index is 0.0759. The van der Waals surface area contributed by atoms with Crippen LogP contribution in [-0.4, -0.2) is 24.4 Å². The van der Waals surface area contributed by atoms with E-state index in [0.717, 1.165) is 53.6 Å². The van der Waals surface area contributed by atoms with Gasteiger partial charge in [-0.3, -0.25) is 0 Å². The Bertz CT molecular complexity index is 450. The molecule has 1 aliphatic carbocycles. The third-order valence-corrected chi connectivity index (χ3v) is 4.33. The number of aliphatic hydroxyl groups excluding tert-OH is 1. The van der Waals surface area contributed by atoms with Crippen molar-refractivity contribution in [3.63, 3.8) is 0 Å². The summed E-state index contributed by atoms with van der Waals surface area (Å²) in [6.45, 7) is 2.82. The zero-order valence-corrected chi connectivity index (χ0v) is 13.9. The molecule has 0 bridgehead atoms. The van der Waals surface area contributed by atoms with Gasteiger partial charge in [0, 0.05) is 16.6 Å². The SMILES string of the molecule is CNCc1cc(Br)cc(C)c1OC1CCCCCC1O. The lowest BCUT2D eigenvalue weighted by molar-refractivity contribution is 0.0310. The number of halogens is 1. The summed E-state index contributed by atoms with van der Waals surface area (Å²) in [6.07, 6.45) is 4.80. The molecule has 4 heteroatoms. The number of hydrogen-bond acceptors (Lipinski definition) is 3. The molecule has 0 saturated heterocycles. The highest BCUT2D eigenvalue weighted by molar-refractivity contribution is 9.10. The van der Waals surface area contributed by atoms with Crippen molar-refractivity contribution in [3.05, 3.63) is 27.7 Å². The Morgan fingerprint density at radius 2 is 2.05 bits per heavy atom. The van der Waals surface area contributed by atoms with Crippen LogP contribution in [0.25, 0.3) is 0 Å². The quantitative estimate of drug-likeness (QED) is 0.823. The predicted molar refractivity (Wildman–Crippen MR) is 85.2 cm³/mol. The number of nitrogens with one attached hydrogen (secondary N) is 1. The second-order valence-corrected chi connectivity index (χ2v) is 6.52. The lowest BCUT2D eigenvalue weighted by Crippen LogP contribution is -2.31. The molecule has 0 aliphatic heterocycles. The molecule has 0 heterocycles. The molecule has 2 atom stereocenters. The molecule has 20 heavy (non-hydrogen) atoms. The van der Waals surface area contributed by atoms with Crippen molar-refractivity contribution in [1.82, 2.24) is 5.32 Å². The monoisotopic (exact) mass is 341 g/mol. The lowest BCUT2D eigenvalue weighted by Gasteiger charge is -2.25. The van der Waals surface area contributed by atoms with Crippen LogP contribution in [0.15, 0.2) is 16.6 Å². The molecule has 2 rings (SSSR count). The maximum absolute atomic E-state index is 10.2. The van der Waals surface area contributed by atoms with Gasteiger partial charge in [0.25, 0.3) is 0 Å². The average molecular weight is 342 g/mol. The third-order valence-electron chi connectivity index (χ3n) is 3.87. The second-order valence-electron chi connectivity index (χ2n) is 5.60. The van der Waals surface area contributed by atoms with E-state index in [4.69, 9.17) is 4.74 Å². The Balaban J connectivity index is 2.22. The van der Waals surface area contributed by atoms with Gasteiger partial charge in [-0.1, -0.05) is 28.8 Å². The van der Waals surface area contributed by atoms with Gasteiger partial charge in [0.1, 0.15) is 11.9 Å². The predicted octanol–water partition coefficient (Wildman–Crippen LogP) is 3.55. The number of hydrogen-bond donors (Lipinski definition) is 2. The van der Waals surface area contributed by atoms with E-state index in [0.29, 0.717) is 0 Å². The van der Waals surface area contributed by atoms with Crippen LogP contribution in [-0.2, 0) is 6.54 Å².